The van der Waals surface area contributed by atoms with E-state index < -0.39 is 0 Å². The number of hydrogen-bond donors (Lipinski definition) is 2. The van der Waals surface area contributed by atoms with Crippen molar-refractivity contribution in [1.29, 1.82) is 0 Å². The Bertz CT molecular complexity index is 1310. The van der Waals surface area contributed by atoms with Gasteiger partial charge in [0.05, 0.1) is 18.2 Å². The van der Waals surface area contributed by atoms with Gasteiger partial charge in [-0.15, -0.1) is 0 Å². The molecule has 0 bridgehead atoms. The normalized spacial score (nSPS) is 25.7. The van der Waals surface area contributed by atoms with Gasteiger partial charge in [0.2, 0.25) is 0 Å². The highest BCUT2D eigenvalue weighted by molar-refractivity contribution is 6.21. The van der Waals surface area contributed by atoms with Gasteiger partial charge in [-0.2, -0.15) is 0 Å². The largest absolute Gasteiger partial charge is 0.497 e. The van der Waals surface area contributed by atoms with Crippen LogP contribution in [0.25, 0.3) is 0 Å². The number of nitrogens with two attached hydrogens (primary N) is 1. The molecular formula is C34H41N3O3. The predicted octanol–water partition coefficient (Wildman–Crippen LogP) is 5.36. The number of nitrogens with zero attached hydrogens (tertiary/aromatic N) is 1. The van der Waals surface area contributed by atoms with Crippen LogP contribution in [0.1, 0.15) is 70.9 Å². The highest BCUT2D eigenvalue weighted by atomic mass is 16.5. The van der Waals surface area contributed by atoms with E-state index in [1.807, 2.05) is 0 Å². The summed E-state index contributed by atoms with van der Waals surface area (Å²) in [7, 11) is 1.76. The molecule has 2 fully saturated rings. The topological polar surface area (TPSA) is 84.7 Å². The average molecular weight is 540 g/mol. The van der Waals surface area contributed by atoms with Crippen LogP contribution >= 0.6 is 0 Å². The first-order valence-electron chi connectivity index (χ1n) is 14.4. The van der Waals surface area contributed by atoms with Crippen molar-refractivity contribution in [3.63, 3.8) is 0 Å². The Morgan fingerprint density at radius 1 is 0.950 bits per heavy atom. The molecule has 6 heteroatoms. The first kappa shape index (κ1) is 28.1. The van der Waals surface area contributed by atoms with Crippen molar-refractivity contribution >= 4 is 11.8 Å². The predicted molar refractivity (Wildman–Crippen MR) is 159 cm³/mol. The third-order valence-corrected chi connectivity index (χ3v) is 9.31. The third-order valence-electron chi connectivity index (χ3n) is 9.31. The number of imide groups is 1. The number of ether oxygens (including phenoxy) is 1. The Morgan fingerprint density at radius 2 is 1.65 bits per heavy atom. The minimum absolute atomic E-state index is 0.162. The van der Waals surface area contributed by atoms with Gasteiger partial charge >= 0.3 is 0 Å². The second-order valence-electron chi connectivity index (χ2n) is 11.8. The molecule has 3 aliphatic rings. The zero-order chi connectivity index (χ0) is 28.2. The molecule has 2 heterocycles. The lowest BCUT2D eigenvalue weighted by atomic mass is 9.50. The molecule has 3 atom stereocenters. The Morgan fingerprint density at radius 3 is 2.35 bits per heavy atom. The quantitative estimate of drug-likeness (QED) is 0.412. The van der Waals surface area contributed by atoms with Gasteiger partial charge in [0.25, 0.3) is 11.8 Å². The Kier molecular flexibility index (Phi) is 8.38. The standard InChI is InChI=1S/C26H36N2O.C8H5NO2/c1-25-14-13-23(27)19-26(25,22-11-6-12-24(18-22)29-2)15-17-28(20-25)16-7-10-21-8-4-3-5-9-21;10-7-5-3-1-2-4-6(5)8(11)9-7/h3-6,8-9,11-12,18,23H,7,10,13-17,19-20,27H2,1-2H3;1-4H,(H,9,10,11). The minimum Gasteiger partial charge on any atom is -0.497 e. The van der Waals surface area contributed by atoms with Crippen LogP contribution in [0.3, 0.4) is 0 Å². The van der Waals surface area contributed by atoms with Crippen LogP contribution in [0.4, 0.5) is 0 Å². The lowest BCUT2D eigenvalue weighted by Crippen LogP contribution is -2.61. The number of aryl methyl sites for hydroxylation is 1. The molecule has 0 aromatic heterocycles. The maximum Gasteiger partial charge on any atom is 0.258 e. The zero-order valence-corrected chi connectivity index (χ0v) is 23.7. The second kappa shape index (κ2) is 11.9. The van der Waals surface area contributed by atoms with Gasteiger partial charge < -0.3 is 15.4 Å². The molecule has 1 saturated heterocycles. The van der Waals surface area contributed by atoms with E-state index in [4.69, 9.17) is 10.5 Å². The fourth-order valence-corrected chi connectivity index (χ4v) is 7.09. The number of methoxy groups -OCH3 is 1. The van der Waals surface area contributed by atoms with E-state index in [1.165, 1.54) is 49.9 Å². The molecule has 40 heavy (non-hydrogen) atoms. The number of benzene rings is 3. The van der Waals surface area contributed by atoms with Crippen LogP contribution < -0.4 is 15.8 Å². The van der Waals surface area contributed by atoms with Crippen molar-refractivity contribution in [3.8, 4) is 5.75 Å². The summed E-state index contributed by atoms with van der Waals surface area (Å²) >= 11 is 0. The van der Waals surface area contributed by atoms with Crippen LogP contribution in [0.2, 0.25) is 0 Å². The molecule has 1 aliphatic carbocycles. The molecular weight excluding hydrogens is 498 g/mol. The van der Waals surface area contributed by atoms with Gasteiger partial charge in [0.15, 0.2) is 0 Å². The molecule has 3 N–H and O–H groups in total. The second-order valence-corrected chi connectivity index (χ2v) is 11.8. The van der Waals surface area contributed by atoms with E-state index >= 15 is 0 Å². The molecule has 6 rings (SSSR count). The first-order valence-corrected chi connectivity index (χ1v) is 14.4. The number of piperidine rings is 1. The SMILES string of the molecule is COc1cccc(C23CCN(CCCc4ccccc4)CC2(C)CCC(N)C3)c1.O=C1NC(=O)c2ccccc21. The molecule has 0 radical (unpaired) electrons. The smallest absolute Gasteiger partial charge is 0.258 e. The van der Waals surface area contributed by atoms with Crippen molar-refractivity contribution in [2.24, 2.45) is 11.1 Å². The Hall–Kier alpha value is -3.48. The van der Waals surface area contributed by atoms with Crippen LogP contribution in [0.5, 0.6) is 5.75 Å². The Balaban J connectivity index is 0.000000244. The van der Waals surface area contributed by atoms with Gasteiger partial charge in [-0.1, -0.05) is 61.5 Å². The van der Waals surface area contributed by atoms with Crippen molar-refractivity contribution in [1.82, 2.24) is 10.2 Å². The maximum absolute atomic E-state index is 10.9. The van der Waals surface area contributed by atoms with E-state index in [-0.39, 0.29) is 22.6 Å². The zero-order valence-electron chi connectivity index (χ0n) is 23.7. The van der Waals surface area contributed by atoms with Gasteiger partial charge in [-0.05, 0) is 92.4 Å². The molecule has 210 valence electrons. The molecule has 3 aromatic rings. The summed E-state index contributed by atoms with van der Waals surface area (Å²) in [4.78, 5) is 24.6. The number of carbonyl (C=O) groups excluding carboxylic acids is 2. The number of carbonyl (C=O) groups is 2. The summed E-state index contributed by atoms with van der Waals surface area (Å²) < 4.78 is 5.56. The summed E-state index contributed by atoms with van der Waals surface area (Å²) in [6.07, 6.45) is 7.02. The van der Waals surface area contributed by atoms with E-state index in [0.29, 0.717) is 17.2 Å². The molecule has 3 unspecified atom stereocenters. The highest BCUT2D eigenvalue weighted by Crippen LogP contribution is 2.56. The summed E-state index contributed by atoms with van der Waals surface area (Å²) in [5.74, 6) is 0.361. The van der Waals surface area contributed by atoms with Gasteiger partial charge in [-0.25, -0.2) is 0 Å². The lowest BCUT2D eigenvalue weighted by Gasteiger charge is -2.59. The van der Waals surface area contributed by atoms with E-state index in [0.717, 1.165) is 25.1 Å². The van der Waals surface area contributed by atoms with Crippen molar-refractivity contribution < 1.29 is 14.3 Å². The average Bonchev–Trinajstić information content (AvgIpc) is 3.27. The van der Waals surface area contributed by atoms with E-state index in [9.17, 15) is 9.59 Å². The third kappa shape index (κ3) is 5.70. The maximum atomic E-state index is 10.9. The molecule has 0 spiro atoms. The molecule has 2 amide bonds. The number of fused-ring (bicyclic) bond motifs is 2. The summed E-state index contributed by atoms with van der Waals surface area (Å²) in [6.45, 7) is 6.03. The molecule has 2 aliphatic heterocycles. The summed E-state index contributed by atoms with van der Waals surface area (Å²) in [6, 6.07) is 26.7. The van der Waals surface area contributed by atoms with Crippen LogP contribution in [0, 0.1) is 5.41 Å². The van der Waals surface area contributed by atoms with Gasteiger partial charge in [-0.3, -0.25) is 14.9 Å². The first-order chi connectivity index (χ1) is 19.3. The number of likely N-dealkylation sites (tertiary alicyclic amines) is 1. The van der Waals surface area contributed by atoms with Gasteiger partial charge in [0.1, 0.15) is 5.75 Å². The van der Waals surface area contributed by atoms with Gasteiger partial charge in [0, 0.05) is 18.0 Å². The van der Waals surface area contributed by atoms with Crippen LogP contribution in [-0.4, -0.2) is 49.5 Å². The Labute approximate surface area is 237 Å². The number of rotatable bonds is 6. The number of nitrogens with one attached hydrogen (secondary N) is 1. The molecule has 1 saturated carbocycles. The minimum atomic E-state index is -0.300. The fourth-order valence-electron chi connectivity index (χ4n) is 7.09. The summed E-state index contributed by atoms with van der Waals surface area (Å²) in [5.41, 5.74) is 10.8. The lowest BCUT2D eigenvalue weighted by molar-refractivity contribution is -0.0270. The van der Waals surface area contributed by atoms with Crippen LogP contribution in [-0.2, 0) is 11.8 Å². The molecule has 6 nitrogen and oxygen atoms in total. The fraction of sp³-hybridized carbons (Fsp3) is 0.412. The van der Waals surface area contributed by atoms with Crippen molar-refractivity contribution in [3.05, 3.63) is 101 Å². The molecule has 3 aromatic carbocycles. The van der Waals surface area contributed by atoms with E-state index in [1.54, 1.807) is 31.4 Å². The summed E-state index contributed by atoms with van der Waals surface area (Å²) in [5, 5.41) is 2.20. The van der Waals surface area contributed by atoms with Crippen LogP contribution in [0.15, 0.2) is 78.9 Å². The van der Waals surface area contributed by atoms with Crippen molar-refractivity contribution in [2.45, 2.75) is 56.9 Å². The monoisotopic (exact) mass is 539 g/mol. The van der Waals surface area contributed by atoms with E-state index in [2.05, 4.69) is 71.7 Å². The highest BCUT2D eigenvalue weighted by Gasteiger charge is 2.54. The number of hydrogen-bond acceptors (Lipinski definition) is 5. The number of amides is 2. The van der Waals surface area contributed by atoms with Crippen molar-refractivity contribution in [2.75, 3.05) is 26.7 Å².